The SMILES string of the molecule is CCOc1cccn2cc(CCNC(=O)c3cc4ccccc4oc3=O)nc12. The third kappa shape index (κ3) is 3.46. The highest BCUT2D eigenvalue weighted by Gasteiger charge is 2.14. The molecular formula is C21H19N3O4. The van der Waals surface area contributed by atoms with E-state index in [-0.39, 0.29) is 5.56 Å². The molecule has 0 aliphatic rings. The van der Waals surface area contributed by atoms with Crippen LogP contribution >= 0.6 is 0 Å². The smallest absolute Gasteiger partial charge is 0.349 e. The van der Waals surface area contributed by atoms with Gasteiger partial charge in [0.15, 0.2) is 11.4 Å². The maximum Gasteiger partial charge on any atom is 0.349 e. The summed E-state index contributed by atoms with van der Waals surface area (Å²) < 4.78 is 12.7. The Bertz CT molecular complexity index is 1210. The summed E-state index contributed by atoms with van der Waals surface area (Å²) in [6, 6.07) is 12.4. The van der Waals surface area contributed by atoms with Gasteiger partial charge in [0.05, 0.1) is 12.3 Å². The molecule has 7 heteroatoms. The van der Waals surface area contributed by atoms with Crippen molar-refractivity contribution in [3.05, 3.63) is 76.5 Å². The van der Waals surface area contributed by atoms with Crippen LogP contribution in [0.5, 0.6) is 5.75 Å². The molecule has 0 unspecified atom stereocenters. The molecule has 0 spiro atoms. The molecule has 3 aromatic heterocycles. The van der Waals surface area contributed by atoms with Gasteiger partial charge in [-0.25, -0.2) is 9.78 Å². The topological polar surface area (TPSA) is 85.8 Å². The lowest BCUT2D eigenvalue weighted by Crippen LogP contribution is -2.29. The first kappa shape index (κ1) is 17.8. The highest BCUT2D eigenvalue weighted by atomic mass is 16.5. The van der Waals surface area contributed by atoms with Crippen LogP contribution in [0.1, 0.15) is 23.0 Å². The largest absolute Gasteiger partial charge is 0.490 e. The van der Waals surface area contributed by atoms with Crippen molar-refractivity contribution in [3.63, 3.8) is 0 Å². The predicted molar refractivity (Wildman–Crippen MR) is 105 cm³/mol. The first-order valence-electron chi connectivity index (χ1n) is 9.06. The van der Waals surface area contributed by atoms with Gasteiger partial charge in [-0.15, -0.1) is 0 Å². The van der Waals surface area contributed by atoms with Crippen LogP contribution in [0, 0.1) is 0 Å². The zero-order valence-electron chi connectivity index (χ0n) is 15.3. The molecular weight excluding hydrogens is 358 g/mol. The summed E-state index contributed by atoms with van der Waals surface area (Å²) in [6.07, 6.45) is 4.32. The predicted octanol–water partition coefficient (Wildman–Crippen LogP) is 2.81. The fourth-order valence-corrected chi connectivity index (χ4v) is 3.05. The lowest BCUT2D eigenvalue weighted by Gasteiger charge is -2.04. The molecule has 0 aliphatic heterocycles. The molecule has 0 fully saturated rings. The van der Waals surface area contributed by atoms with Crippen LogP contribution in [-0.4, -0.2) is 28.4 Å². The normalized spacial score (nSPS) is 11.0. The second-order valence-electron chi connectivity index (χ2n) is 6.26. The number of benzene rings is 1. The molecule has 0 saturated carbocycles. The van der Waals surface area contributed by atoms with E-state index in [1.54, 1.807) is 24.3 Å². The fourth-order valence-electron chi connectivity index (χ4n) is 3.05. The van der Waals surface area contributed by atoms with Gasteiger partial charge in [0.25, 0.3) is 5.91 Å². The average molecular weight is 377 g/mol. The molecule has 28 heavy (non-hydrogen) atoms. The lowest BCUT2D eigenvalue weighted by molar-refractivity contribution is 0.0950. The van der Waals surface area contributed by atoms with E-state index in [4.69, 9.17) is 9.15 Å². The highest BCUT2D eigenvalue weighted by Crippen LogP contribution is 2.19. The Kier molecular flexibility index (Phi) is 4.80. The van der Waals surface area contributed by atoms with Gasteiger partial charge in [0, 0.05) is 30.7 Å². The molecule has 1 N–H and O–H groups in total. The fraction of sp³-hybridized carbons (Fsp3) is 0.190. The summed E-state index contributed by atoms with van der Waals surface area (Å²) in [5.74, 6) is 0.257. The van der Waals surface area contributed by atoms with Crippen LogP contribution in [0.3, 0.4) is 0 Å². The van der Waals surface area contributed by atoms with Gasteiger partial charge in [-0.05, 0) is 31.2 Å². The average Bonchev–Trinajstić information content (AvgIpc) is 3.11. The van der Waals surface area contributed by atoms with Gasteiger partial charge < -0.3 is 18.9 Å². The number of imidazole rings is 1. The number of pyridine rings is 1. The van der Waals surface area contributed by atoms with Gasteiger partial charge in [-0.2, -0.15) is 0 Å². The first-order valence-corrected chi connectivity index (χ1v) is 9.06. The van der Waals surface area contributed by atoms with Gasteiger partial charge >= 0.3 is 5.63 Å². The van der Waals surface area contributed by atoms with E-state index in [1.807, 2.05) is 41.9 Å². The van der Waals surface area contributed by atoms with Gasteiger partial charge in [-0.3, -0.25) is 4.79 Å². The zero-order chi connectivity index (χ0) is 19.5. The maximum atomic E-state index is 12.4. The molecule has 1 amide bonds. The summed E-state index contributed by atoms with van der Waals surface area (Å²) in [5, 5.41) is 3.46. The Hall–Kier alpha value is -3.61. The van der Waals surface area contributed by atoms with E-state index in [0.29, 0.717) is 36.3 Å². The standard InChI is InChI=1S/C21H19N3O4/c1-2-27-18-8-5-11-24-13-15(23-19(18)24)9-10-22-20(25)16-12-14-6-3-4-7-17(14)28-21(16)26/h3-8,11-13H,2,9-10H2,1H3,(H,22,25). The summed E-state index contributed by atoms with van der Waals surface area (Å²) >= 11 is 0. The van der Waals surface area contributed by atoms with E-state index in [0.717, 1.165) is 11.3 Å². The van der Waals surface area contributed by atoms with E-state index >= 15 is 0 Å². The van der Waals surface area contributed by atoms with Crippen molar-refractivity contribution in [1.29, 1.82) is 0 Å². The zero-order valence-corrected chi connectivity index (χ0v) is 15.3. The van der Waals surface area contributed by atoms with Crippen LogP contribution in [0.15, 0.2) is 64.1 Å². The molecule has 1 aromatic carbocycles. The number of ether oxygens (including phenoxy) is 1. The van der Waals surface area contributed by atoms with E-state index in [1.165, 1.54) is 0 Å². The number of fused-ring (bicyclic) bond motifs is 2. The Labute approximate surface area is 160 Å². The van der Waals surface area contributed by atoms with Crippen molar-refractivity contribution < 1.29 is 13.9 Å². The van der Waals surface area contributed by atoms with Crippen molar-refractivity contribution >= 4 is 22.5 Å². The second kappa shape index (κ2) is 7.56. The minimum Gasteiger partial charge on any atom is -0.490 e. The molecule has 142 valence electrons. The molecule has 0 bridgehead atoms. The third-order valence-corrected chi connectivity index (χ3v) is 4.35. The van der Waals surface area contributed by atoms with Gasteiger partial charge in [0.1, 0.15) is 11.1 Å². The summed E-state index contributed by atoms with van der Waals surface area (Å²) in [4.78, 5) is 29.0. The molecule has 4 aromatic rings. The van der Waals surface area contributed by atoms with Gasteiger partial charge in [0.2, 0.25) is 0 Å². The maximum absolute atomic E-state index is 12.4. The van der Waals surface area contributed by atoms with E-state index < -0.39 is 11.5 Å². The number of hydrogen-bond donors (Lipinski definition) is 1. The van der Waals surface area contributed by atoms with Crippen LogP contribution in [0.25, 0.3) is 16.6 Å². The number of nitrogens with one attached hydrogen (secondary N) is 1. The lowest BCUT2D eigenvalue weighted by atomic mass is 10.2. The molecule has 4 rings (SSSR count). The molecule has 3 heterocycles. The molecule has 0 atom stereocenters. The molecule has 0 radical (unpaired) electrons. The molecule has 7 nitrogen and oxygen atoms in total. The van der Waals surface area contributed by atoms with E-state index in [2.05, 4.69) is 10.3 Å². The number of rotatable bonds is 6. The van der Waals surface area contributed by atoms with Crippen molar-refractivity contribution in [3.8, 4) is 5.75 Å². The molecule has 0 aliphatic carbocycles. The van der Waals surface area contributed by atoms with Crippen LogP contribution in [-0.2, 0) is 6.42 Å². The number of carbonyl (C=O) groups is 1. The Morgan fingerprint density at radius 1 is 1.25 bits per heavy atom. The Morgan fingerprint density at radius 2 is 2.11 bits per heavy atom. The number of amides is 1. The minimum atomic E-state index is -0.648. The van der Waals surface area contributed by atoms with Crippen LogP contribution in [0.2, 0.25) is 0 Å². The number of hydrogen-bond acceptors (Lipinski definition) is 5. The quantitative estimate of drug-likeness (QED) is 0.522. The van der Waals surface area contributed by atoms with Crippen LogP contribution < -0.4 is 15.7 Å². The van der Waals surface area contributed by atoms with Crippen LogP contribution in [0.4, 0.5) is 0 Å². The highest BCUT2D eigenvalue weighted by molar-refractivity contribution is 5.96. The Balaban J connectivity index is 1.46. The summed E-state index contributed by atoms with van der Waals surface area (Å²) in [6.45, 7) is 2.83. The second-order valence-corrected chi connectivity index (χ2v) is 6.26. The van der Waals surface area contributed by atoms with Crippen molar-refractivity contribution in [2.24, 2.45) is 0 Å². The molecule has 0 saturated heterocycles. The van der Waals surface area contributed by atoms with E-state index in [9.17, 15) is 9.59 Å². The van der Waals surface area contributed by atoms with Crippen molar-refractivity contribution in [1.82, 2.24) is 14.7 Å². The van der Waals surface area contributed by atoms with Crippen molar-refractivity contribution in [2.45, 2.75) is 13.3 Å². The monoisotopic (exact) mass is 377 g/mol. The summed E-state index contributed by atoms with van der Waals surface area (Å²) in [5.41, 5.74) is 1.36. The number of nitrogens with zero attached hydrogens (tertiary/aromatic N) is 2. The minimum absolute atomic E-state index is 0.00710. The number of carbonyl (C=O) groups excluding carboxylic acids is 1. The number of para-hydroxylation sites is 1. The Morgan fingerprint density at radius 3 is 2.96 bits per heavy atom. The first-order chi connectivity index (χ1) is 13.7. The van der Waals surface area contributed by atoms with Gasteiger partial charge in [-0.1, -0.05) is 18.2 Å². The van der Waals surface area contributed by atoms with Crippen molar-refractivity contribution in [2.75, 3.05) is 13.2 Å². The summed E-state index contributed by atoms with van der Waals surface area (Å²) in [7, 11) is 0. The number of aromatic nitrogens is 2. The third-order valence-electron chi connectivity index (χ3n) is 4.35.